The highest BCUT2D eigenvalue weighted by molar-refractivity contribution is 6.34. The number of aliphatic hydroxyl groups excluding tert-OH is 1. The predicted molar refractivity (Wildman–Crippen MR) is 110 cm³/mol. The second-order valence-corrected chi connectivity index (χ2v) is 10.1. The topological polar surface area (TPSA) is 98.5 Å². The monoisotopic (exact) mass is 432 g/mol. The van der Waals surface area contributed by atoms with Gasteiger partial charge >= 0.3 is 0 Å². The van der Waals surface area contributed by atoms with E-state index >= 15 is 0 Å². The molecule has 0 amide bonds. The maximum Gasteiger partial charge on any atom is 0.170 e. The minimum atomic E-state index is -0.708. The lowest BCUT2D eigenvalue weighted by Gasteiger charge is -2.48. The Kier molecular flexibility index (Phi) is 3.76. The summed E-state index contributed by atoms with van der Waals surface area (Å²) in [5, 5.41) is 13.9. The number of fused-ring (bicyclic) bond motifs is 6. The number of imidazole rings is 1. The van der Waals surface area contributed by atoms with Crippen LogP contribution in [-0.2, 0) is 9.47 Å². The molecule has 0 spiro atoms. The number of nitrogens with one attached hydrogen (secondary N) is 1. The number of hydrogen-bond acceptors (Lipinski definition) is 7. The van der Waals surface area contributed by atoms with Gasteiger partial charge in [-0.1, -0.05) is 11.6 Å². The van der Waals surface area contributed by atoms with Crippen LogP contribution in [0.2, 0.25) is 5.15 Å². The van der Waals surface area contributed by atoms with Crippen molar-refractivity contribution in [1.29, 1.82) is 0 Å². The lowest BCUT2D eigenvalue weighted by molar-refractivity contribution is -0.198. The summed E-state index contributed by atoms with van der Waals surface area (Å²) in [4.78, 5) is 21.8. The fourth-order valence-electron chi connectivity index (χ4n) is 6.20. The van der Waals surface area contributed by atoms with Crippen molar-refractivity contribution in [3.63, 3.8) is 0 Å². The number of ether oxygens (including phenoxy) is 2. The molecule has 2 N–H and O–H groups in total. The van der Waals surface area contributed by atoms with Crippen LogP contribution in [0, 0.1) is 11.3 Å². The Morgan fingerprint density at radius 2 is 2.20 bits per heavy atom. The number of ketones is 1. The Labute approximate surface area is 178 Å². The molecule has 30 heavy (non-hydrogen) atoms. The van der Waals surface area contributed by atoms with Crippen molar-refractivity contribution in [1.82, 2.24) is 14.5 Å². The molecule has 8 nitrogen and oxygen atoms in total. The number of aliphatic hydroxyl groups is 1. The van der Waals surface area contributed by atoms with Crippen LogP contribution < -0.4 is 5.32 Å². The molecule has 4 heterocycles. The van der Waals surface area contributed by atoms with Gasteiger partial charge in [0.15, 0.2) is 17.2 Å². The molecule has 2 saturated carbocycles. The number of carbonyl (C=O) groups is 1. The third-order valence-electron chi connectivity index (χ3n) is 7.55. The lowest BCUT2D eigenvalue weighted by atomic mass is 9.60. The molecular formula is C21H25ClN4O4. The van der Waals surface area contributed by atoms with Crippen molar-refractivity contribution in [2.45, 2.75) is 70.1 Å². The first-order valence-electron chi connectivity index (χ1n) is 10.6. The van der Waals surface area contributed by atoms with Crippen molar-refractivity contribution >= 4 is 34.2 Å². The SMILES string of the molecule is CC1CC(=O)c2c(Cl)nc3c(ncn3[C@H]3[C@@H]4OC(C)(C)O[C@@H]4[C@]4(CO)CC[C@H]34)c2N1. The normalized spacial score (nSPS) is 38.7. The molecule has 2 aliphatic heterocycles. The fourth-order valence-corrected chi connectivity index (χ4v) is 6.48. The van der Waals surface area contributed by atoms with E-state index < -0.39 is 5.79 Å². The second kappa shape index (κ2) is 5.94. The Hall–Kier alpha value is -1.74. The third kappa shape index (κ3) is 2.25. The highest BCUT2D eigenvalue weighted by Crippen LogP contribution is 2.66. The molecule has 1 saturated heterocycles. The van der Waals surface area contributed by atoms with E-state index in [1.165, 1.54) is 0 Å². The van der Waals surface area contributed by atoms with Crippen LogP contribution in [0.4, 0.5) is 5.69 Å². The van der Waals surface area contributed by atoms with E-state index in [1.807, 2.05) is 25.3 Å². The highest BCUT2D eigenvalue weighted by Gasteiger charge is 2.70. The second-order valence-electron chi connectivity index (χ2n) is 9.70. The average Bonchev–Trinajstić information content (AvgIpc) is 3.23. The number of pyridine rings is 1. The minimum absolute atomic E-state index is 0.00807. The number of halogens is 1. The van der Waals surface area contributed by atoms with E-state index in [-0.39, 0.29) is 53.2 Å². The largest absolute Gasteiger partial charge is 0.396 e. The molecule has 0 radical (unpaired) electrons. The summed E-state index contributed by atoms with van der Waals surface area (Å²) in [5.74, 6) is -0.518. The highest BCUT2D eigenvalue weighted by atomic mass is 35.5. The van der Waals surface area contributed by atoms with Crippen LogP contribution in [-0.4, -0.2) is 56.1 Å². The molecule has 9 heteroatoms. The molecule has 2 aromatic heterocycles. The van der Waals surface area contributed by atoms with E-state index in [4.69, 9.17) is 21.1 Å². The van der Waals surface area contributed by atoms with Gasteiger partial charge in [-0.25, -0.2) is 9.97 Å². The smallest absolute Gasteiger partial charge is 0.170 e. The van der Waals surface area contributed by atoms with Crippen LogP contribution in [0.25, 0.3) is 11.2 Å². The third-order valence-corrected chi connectivity index (χ3v) is 7.82. The molecule has 1 unspecified atom stereocenters. The first kappa shape index (κ1) is 19.0. The van der Waals surface area contributed by atoms with Crippen molar-refractivity contribution in [2.75, 3.05) is 11.9 Å². The maximum absolute atomic E-state index is 12.6. The van der Waals surface area contributed by atoms with Crippen LogP contribution in [0.1, 0.15) is 56.4 Å². The molecule has 0 aromatic carbocycles. The quantitative estimate of drug-likeness (QED) is 0.704. The van der Waals surface area contributed by atoms with E-state index in [1.54, 1.807) is 6.33 Å². The lowest BCUT2D eigenvalue weighted by Crippen LogP contribution is -2.49. The van der Waals surface area contributed by atoms with Gasteiger partial charge in [0, 0.05) is 17.9 Å². The summed E-state index contributed by atoms with van der Waals surface area (Å²) in [6.45, 7) is 5.86. The van der Waals surface area contributed by atoms with Gasteiger partial charge in [-0.05, 0) is 39.5 Å². The van der Waals surface area contributed by atoms with E-state index in [2.05, 4.69) is 15.3 Å². The van der Waals surface area contributed by atoms with Crippen molar-refractivity contribution < 1.29 is 19.4 Å². The molecule has 160 valence electrons. The minimum Gasteiger partial charge on any atom is -0.396 e. The summed E-state index contributed by atoms with van der Waals surface area (Å²) in [6.07, 6.45) is 3.66. The predicted octanol–water partition coefficient (Wildman–Crippen LogP) is 2.94. The van der Waals surface area contributed by atoms with E-state index in [0.29, 0.717) is 28.8 Å². The Morgan fingerprint density at radius 1 is 1.40 bits per heavy atom. The van der Waals surface area contributed by atoms with Gasteiger partial charge in [0.2, 0.25) is 0 Å². The van der Waals surface area contributed by atoms with Crippen molar-refractivity contribution in [2.24, 2.45) is 11.3 Å². The van der Waals surface area contributed by atoms with Crippen LogP contribution in [0.15, 0.2) is 6.33 Å². The number of rotatable bonds is 2. The van der Waals surface area contributed by atoms with Gasteiger partial charge < -0.3 is 24.5 Å². The summed E-state index contributed by atoms with van der Waals surface area (Å²) >= 11 is 6.48. The fraction of sp³-hybridized carbons (Fsp3) is 0.667. The molecule has 3 fully saturated rings. The molecule has 4 aliphatic rings. The van der Waals surface area contributed by atoms with Crippen molar-refractivity contribution in [3.05, 3.63) is 17.0 Å². The van der Waals surface area contributed by atoms with Crippen molar-refractivity contribution in [3.8, 4) is 0 Å². The summed E-state index contributed by atoms with van der Waals surface area (Å²) in [6, 6.07) is -0.0604. The average molecular weight is 433 g/mol. The zero-order valence-electron chi connectivity index (χ0n) is 17.2. The summed E-state index contributed by atoms with van der Waals surface area (Å²) in [7, 11) is 0. The number of carbonyl (C=O) groups excluding carboxylic acids is 1. The zero-order valence-corrected chi connectivity index (χ0v) is 17.9. The molecular weight excluding hydrogens is 408 g/mol. The van der Waals surface area contributed by atoms with E-state index in [9.17, 15) is 9.90 Å². The van der Waals surface area contributed by atoms with E-state index in [0.717, 1.165) is 12.8 Å². The Morgan fingerprint density at radius 3 is 2.90 bits per heavy atom. The molecule has 0 bridgehead atoms. The summed E-state index contributed by atoms with van der Waals surface area (Å²) in [5.41, 5.74) is 2.05. The van der Waals surface area contributed by atoms with Gasteiger partial charge in [0.25, 0.3) is 0 Å². The Bertz CT molecular complexity index is 1080. The van der Waals surface area contributed by atoms with Crippen LogP contribution in [0.5, 0.6) is 0 Å². The number of Topliss-reactive ketones (excluding diaryl/α,β-unsaturated/α-hetero) is 1. The Balaban J connectivity index is 1.52. The number of nitrogens with zero attached hydrogens (tertiary/aromatic N) is 3. The first-order valence-corrected chi connectivity index (χ1v) is 11.0. The van der Waals surface area contributed by atoms with Gasteiger partial charge in [-0.15, -0.1) is 0 Å². The maximum atomic E-state index is 12.6. The van der Waals surface area contributed by atoms with Gasteiger partial charge in [0.05, 0.1) is 36.3 Å². The number of anilines is 1. The van der Waals surface area contributed by atoms with Gasteiger partial charge in [-0.3, -0.25) is 4.79 Å². The molecule has 6 rings (SSSR count). The molecule has 2 aliphatic carbocycles. The summed E-state index contributed by atoms with van der Waals surface area (Å²) < 4.78 is 14.6. The van der Waals surface area contributed by atoms with Gasteiger partial charge in [0.1, 0.15) is 16.8 Å². The zero-order chi connectivity index (χ0) is 21.0. The van der Waals surface area contributed by atoms with Crippen LogP contribution >= 0.6 is 11.6 Å². The standard InChI is InChI=1S/C21H25ClN4O4/c1-9-6-11(28)12-13(24-9)14-19(25-18(12)22)26(8-23-14)15-10-4-5-21(10,7-27)17-16(15)29-20(2,3)30-17/h8-10,15-17,24,27H,4-7H2,1-3H3/t9?,10-,15-,16+,17+,21+/m1/s1. The molecule has 6 atom stereocenters. The number of aromatic nitrogens is 3. The van der Waals surface area contributed by atoms with Gasteiger partial charge in [-0.2, -0.15) is 0 Å². The first-order chi connectivity index (χ1) is 14.3. The molecule has 2 aromatic rings. The number of hydrogen-bond donors (Lipinski definition) is 2. The van der Waals surface area contributed by atoms with Crippen LogP contribution in [0.3, 0.4) is 0 Å².